The van der Waals surface area contributed by atoms with E-state index in [2.05, 4.69) is 15.6 Å². The van der Waals surface area contributed by atoms with Gasteiger partial charge in [0, 0.05) is 0 Å². The van der Waals surface area contributed by atoms with Crippen LogP contribution in [-0.2, 0) is 4.79 Å². The maximum Gasteiger partial charge on any atom is 0.253 e. The molecule has 1 amide bonds. The summed E-state index contributed by atoms with van der Waals surface area (Å²) < 4.78 is 0. The van der Waals surface area contributed by atoms with Crippen molar-refractivity contribution in [3.05, 3.63) is 0 Å². The first kappa shape index (κ1) is 6.79. The Balaban J connectivity index is 2.18. The fraction of sp³-hybridized carbons (Fsp3) is 0.714. The molecule has 0 aromatic rings. The second-order valence-corrected chi connectivity index (χ2v) is 3.01. The molecule has 0 atom stereocenters. The van der Waals surface area contributed by atoms with Crippen molar-refractivity contribution in [1.82, 2.24) is 10.6 Å². The Kier molecular flexibility index (Phi) is 1.42. The zero-order chi connectivity index (χ0) is 7.73. The van der Waals surface area contributed by atoms with E-state index in [1.165, 1.54) is 6.34 Å². The average molecular weight is 153 g/mol. The highest BCUT2D eigenvalue weighted by atomic mass is 16.2. The van der Waals surface area contributed by atoms with Gasteiger partial charge in [-0.2, -0.15) is 0 Å². The minimum atomic E-state index is -0.411. The molecule has 2 heterocycles. The van der Waals surface area contributed by atoms with E-state index in [-0.39, 0.29) is 5.91 Å². The Labute approximate surface area is 65.1 Å². The first-order valence-electron chi connectivity index (χ1n) is 3.89. The van der Waals surface area contributed by atoms with E-state index in [1.807, 2.05) is 0 Å². The molecule has 0 bridgehead atoms. The van der Waals surface area contributed by atoms with Gasteiger partial charge in [0.1, 0.15) is 5.54 Å². The van der Waals surface area contributed by atoms with E-state index in [0.29, 0.717) is 0 Å². The van der Waals surface area contributed by atoms with Crippen molar-refractivity contribution in [2.45, 2.75) is 18.4 Å². The summed E-state index contributed by atoms with van der Waals surface area (Å²) >= 11 is 0. The zero-order valence-corrected chi connectivity index (χ0v) is 6.26. The Hall–Kier alpha value is -0.900. The van der Waals surface area contributed by atoms with Gasteiger partial charge in [0.15, 0.2) is 0 Å². The van der Waals surface area contributed by atoms with Crippen molar-refractivity contribution in [3.63, 3.8) is 0 Å². The summed E-state index contributed by atoms with van der Waals surface area (Å²) in [5, 5.41) is 5.82. The van der Waals surface area contributed by atoms with Crippen molar-refractivity contribution in [3.8, 4) is 0 Å². The number of hydrogen-bond acceptors (Lipinski definition) is 3. The van der Waals surface area contributed by atoms with Crippen LogP contribution in [0.1, 0.15) is 12.8 Å². The molecular formula is C7H11N3O. The van der Waals surface area contributed by atoms with Crippen LogP contribution in [0.25, 0.3) is 0 Å². The Morgan fingerprint density at radius 3 is 2.73 bits per heavy atom. The quantitative estimate of drug-likeness (QED) is 0.482. The lowest BCUT2D eigenvalue weighted by molar-refractivity contribution is -0.124. The van der Waals surface area contributed by atoms with Crippen LogP contribution < -0.4 is 10.6 Å². The molecular weight excluding hydrogens is 142 g/mol. The predicted molar refractivity (Wildman–Crippen MR) is 41.5 cm³/mol. The highest BCUT2D eigenvalue weighted by molar-refractivity contribution is 6.00. The van der Waals surface area contributed by atoms with Crippen LogP contribution in [0.2, 0.25) is 0 Å². The van der Waals surface area contributed by atoms with E-state index in [0.717, 1.165) is 25.9 Å². The van der Waals surface area contributed by atoms with Gasteiger partial charge >= 0.3 is 0 Å². The molecule has 0 aromatic carbocycles. The molecule has 4 heteroatoms. The van der Waals surface area contributed by atoms with Gasteiger partial charge in [0.2, 0.25) is 0 Å². The Morgan fingerprint density at radius 1 is 1.45 bits per heavy atom. The summed E-state index contributed by atoms with van der Waals surface area (Å²) in [7, 11) is 0. The van der Waals surface area contributed by atoms with Gasteiger partial charge in [-0.25, -0.2) is 0 Å². The molecule has 11 heavy (non-hydrogen) atoms. The zero-order valence-electron chi connectivity index (χ0n) is 6.26. The molecule has 2 aliphatic rings. The third-order valence-corrected chi connectivity index (χ3v) is 2.36. The topological polar surface area (TPSA) is 53.5 Å². The summed E-state index contributed by atoms with van der Waals surface area (Å²) in [6.45, 7) is 1.79. The molecule has 0 radical (unpaired) electrons. The first-order valence-corrected chi connectivity index (χ1v) is 3.89. The summed E-state index contributed by atoms with van der Waals surface area (Å²) in [5.74, 6) is 0.0685. The molecule has 2 rings (SSSR count). The summed E-state index contributed by atoms with van der Waals surface area (Å²) in [4.78, 5) is 15.5. The van der Waals surface area contributed by atoms with Crippen molar-refractivity contribution in [1.29, 1.82) is 0 Å². The van der Waals surface area contributed by atoms with E-state index in [1.54, 1.807) is 0 Å². The van der Waals surface area contributed by atoms with E-state index < -0.39 is 5.54 Å². The van der Waals surface area contributed by atoms with Gasteiger partial charge in [-0.05, 0) is 25.9 Å². The molecule has 1 spiro atoms. The van der Waals surface area contributed by atoms with E-state index in [9.17, 15) is 4.79 Å². The highest BCUT2D eigenvalue weighted by Crippen LogP contribution is 2.24. The second-order valence-electron chi connectivity index (χ2n) is 3.01. The van der Waals surface area contributed by atoms with Crippen LogP contribution >= 0.6 is 0 Å². The summed E-state index contributed by atoms with van der Waals surface area (Å²) in [6, 6.07) is 0. The molecule has 2 aliphatic heterocycles. The van der Waals surface area contributed by atoms with Gasteiger partial charge in [-0.1, -0.05) is 0 Å². The molecule has 0 aliphatic carbocycles. The lowest BCUT2D eigenvalue weighted by atomic mass is 9.89. The van der Waals surface area contributed by atoms with Crippen molar-refractivity contribution in [2.75, 3.05) is 13.1 Å². The van der Waals surface area contributed by atoms with Gasteiger partial charge in [0.25, 0.3) is 5.91 Å². The minimum Gasteiger partial charge on any atom is -0.317 e. The van der Waals surface area contributed by atoms with Crippen LogP contribution in [0.3, 0.4) is 0 Å². The van der Waals surface area contributed by atoms with E-state index >= 15 is 0 Å². The smallest absolute Gasteiger partial charge is 0.253 e. The van der Waals surface area contributed by atoms with E-state index in [4.69, 9.17) is 0 Å². The number of piperidine rings is 1. The number of hydrogen-bond donors (Lipinski definition) is 2. The Bertz CT molecular complexity index is 206. The van der Waals surface area contributed by atoms with Crippen LogP contribution in [0.4, 0.5) is 0 Å². The number of carbonyl (C=O) groups is 1. The average Bonchev–Trinajstić information content (AvgIpc) is 2.36. The van der Waals surface area contributed by atoms with Gasteiger partial charge in [-0.3, -0.25) is 9.79 Å². The number of aliphatic imine (C=N–C) groups is 1. The lowest BCUT2D eigenvalue weighted by Gasteiger charge is -2.28. The maximum atomic E-state index is 11.3. The van der Waals surface area contributed by atoms with Crippen LogP contribution in [-0.4, -0.2) is 30.9 Å². The molecule has 60 valence electrons. The lowest BCUT2D eigenvalue weighted by Crippen LogP contribution is -2.47. The Morgan fingerprint density at radius 2 is 2.18 bits per heavy atom. The van der Waals surface area contributed by atoms with Gasteiger partial charge < -0.3 is 10.6 Å². The molecule has 2 N–H and O–H groups in total. The summed E-state index contributed by atoms with van der Waals surface area (Å²) in [6.07, 6.45) is 3.18. The number of nitrogens with one attached hydrogen (secondary N) is 2. The number of amides is 1. The van der Waals surface area contributed by atoms with Crippen LogP contribution in [0.5, 0.6) is 0 Å². The number of carbonyl (C=O) groups excluding carboxylic acids is 1. The predicted octanol–water partition coefficient (Wildman–Crippen LogP) is -0.733. The SMILES string of the molecule is O=C1NC=NC12CCNCC2. The van der Waals surface area contributed by atoms with Crippen molar-refractivity contribution >= 4 is 12.2 Å². The minimum absolute atomic E-state index is 0.0685. The van der Waals surface area contributed by atoms with Gasteiger partial charge in [0.05, 0.1) is 6.34 Å². The molecule has 1 saturated heterocycles. The van der Waals surface area contributed by atoms with Gasteiger partial charge in [-0.15, -0.1) is 0 Å². The monoisotopic (exact) mass is 153 g/mol. The molecule has 0 unspecified atom stereocenters. The third-order valence-electron chi connectivity index (χ3n) is 2.36. The normalized spacial score (nSPS) is 27.5. The fourth-order valence-corrected chi connectivity index (χ4v) is 1.60. The van der Waals surface area contributed by atoms with Crippen LogP contribution in [0, 0.1) is 0 Å². The standard InChI is InChI=1S/C7H11N3O/c11-6-7(10-5-9-6)1-3-8-4-2-7/h5,8H,1-4H2,(H,9,10,11). The summed E-state index contributed by atoms with van der Waals surface area (Å²) in [5.41, 5.74) is -0.411. The molecule has 0 aromatic heterocycles. The maximum absolute atomic E-state index is 11.3. The first-order chi connectivity index (χ1) is 5.33. The number of rotatable bonds is 0. The molecule has 0 saturated carbocycles. The largest absolute Gasteiger partial charge is 0.317 e. The highest BCUT2D eigenvalue weighted by Gasteiger charge is 2.41. The van der Waals surface area contributed by atoms with Crippen LogP contribution in [0.15, 0.2) is 4.99 Å². The fourth-order valence-electron chi connectivity index (χ4n) is 1.60. The second kappa shape index (κ2) is 2.30. The molecule has 1 fully saturated rings. The molecule has 4 nitrogen and oxygen atoms in total. The van der Waals surface area contributed by atoms with Crippen molar-refractivity contribution < 1.29 is 4.79 Å². The third kappa shape index (κ3) is 0.939. The number of nitrogens with zero attached hydrogens (tertiary/aromatic N) is 1. The van der Waals surface area contributed by atoms with Crippen molar-refractivity contribution in [2.24, 2.45) is 4.99 Å².